The number of carbonyl (C=O) groups is 1. The van der Waals surface area contributed by atoms with Gasteiger partial charge in [0.15, 0.2) is 0 Å². The van der Waals surface area contributed by atoms with Crippen LogP contribution in [0.1, 0.15) is 31.2 Å². The van der Waals surface area contributed by atoms with Crippen LogP contribution < -0.4 is 5.32 Å². The zero-order chi connectivity index (χ0) is 16.1. The minimum absolute atomic E-state index is 0.124. The van der Waals surface area contributed by atoms with Crippen molar-refractivity contribution in [3.05, 3.63) is 34.3 Å². The van der Waals surface area contributed by atoms with Crippen molar-refractivity contribution in [1.82, 2.24) is 10.2 Å². The van der Waals surface area contributed by atoms with E-state index in [-0.39, 0.29) is 11.8 Å². The first kappa shape index (κ1) is 16.9. The number of carbonyl (C=O) groups excluding carboxylic acids is 1. The molecule has 0 aromatic heterocycles. The SMILES string of the molecule is O=C(NC1CCOCC1)C1CCCN(Cc2cccc(Br)c2)C1. The van der Waals surface area contributed by atoms with Crippen LogP contribution in [0.4, 0.5) is 0 Å². The lowest BCUT2D eigenvalue weighted by Crippen LogP contribution is -2.47. The summed E-state index contributed by atoms with van der Waals surface area (Å²) >= 11 is 3.52. The topological polar surface area (TPSA) is 41.6 Å². The Balaban J connectivity index is 1.52. The van der Waals surface area contributed by atoms with Crippen LogP contribution in [-0.4, -0.2) is 43.2 Å². The average Bonchev–Trinajstić information content (AvgIpc) is 2.56. The fourth-order valence-corrected chi connectivity index (χ4v) is 3.91. The lowest BCUT2D eigenvalue weighted by atomic mass is 9.95. The van der Waals surface area contributed by atoms with Gasteiger partial charge in [-0.3, -0.25) is 9.69 Å². The Bertz CT molecular complexity index is 532. The standard InChI is InChI=1S/C18H25BrN2O2/c19-16-5-1-3-14(11-16)12-21-8-2-4-15(13-21)18(22)20-17-6-9-23-10-7-17/h1,3,5,11,15,17H,2,4,6-10,12-13H2,(H,20,22). The van der Waals surface area contributed by atoms with Crippen molar-refractivity contribution in [3.8, 4) is 0 Å². The van der Waals surface area contributed by atoms with Gasteiger partial charge in [-0.05, 0) is 49.9 Å². The molecular formula is C18H25BrN2O2. The number of rotatable bonds is 4. The molecule has 2 heterocycles. The van der Waals surface area contributed by atoms with Crippen molar-refractivity contribution in [3.63, 3.8) is 0 Å². The first-order valence-electron chi connectivity index (χ1n) is 8.55. The summed E-state index contributed by atoms with van der Waals surface area (Å²) in [6.45, 7) is 4.39. The molecule has 126 valence electrons. The molecule has 0 aliphatic carbocycles. The normalized spacial score (nSPS) is 23.6. The molecule has 1 unspecified atom stereocenters. The summed E-state index contributed by atoms with van der Waals surface area (Å²) in [5.74, 6) is 0.356. The number of benzene rings is 1. The molecule has 5 heteroatoms. The Labute approximate surface area is 146 Å². The predicted molar refractivity (Wildman–Crippen MR) is 94.1 cm³/mol. The number of piperidine rings is 1. The lowest BCUT2D eigenvalue weighted by molar-refractivity contribution is -0.128. The van der Waals surface area contributed by atoms with Crippen LogP contribution in [0.15, 0.2) is 28.7 Å². The fourth-order valence-electron chi connectivity index (χ4n) is 3.47. The number of hydrogen-bond donors (Lipinski definition) is 1. The highest BCUT2D eigenvalue weighted by Crippen LogP contribution is 2.21. The molecule has 1 N–H and O–H groups in total. The molecule has 23 heavy (non-hydrogen) atoms. The monoisotopic (exact) mass is 380 g/mol. The highest BCUT2D eigenvalue weighted by molar-refractivity contribution is 9.10. The Morgan fingerprint density at radius 2 is 2.13 bits per heavy atom. The first-order chi connectivity index (χ1) is 11.2. The Kier molecular flexibility index (Phi) is 6.08. The molecule has 2 aliphatic heterocycles. The second kappa shape index (κ2) is 8.27. The maximum Gasteiger partial charge on any atom is 0.224 e. The molecule has 3 rings (SSSR count). The van der Waals surface area contributed by atoms with E-state index in [9.17, 15) is 4.79 Å². The number of hydrogen-bond acceptors (Lipinski definition) is 3. The van der Waals surface area contributed by atoms with Gasteiger partial charge in [-0.1, -0.05) is 28.1 Å². The van der Waals surface area contributed by atoms with Gasteiger partial charge >= 0.3 is 0 Å². The van der Waals surface area contributed by atoms with E-state index in [1.54, 1.807) is 0 Å². The second-order valence-corrected chi connectivity index (χ2v) is 7.52. The van der Waals surface area contributed by atoms with Crippen molar-refractivity contribution < 1.29 is 9.53 Å². The molecule has 0 bridgehead atoms. The fraction of sp³-hybridized carbons (Fsp3) is 0.611. The van der Waals surface area contributed by atoms with Gasteiger partial charge in [0.25, 0.3) is 0 Å². The quantitative estimate of drug-likeness (QED) is 0.872. The third kappa shape index (κ3) is 5.03. The summed E-state index contributed by atoms with van der Waals surface area (Å²) in [7, 11) is 0. The van der Waals surface area contributed by atoms with Crippen molar-refractivity contribution in [2.45, 2.75) is 38.3 Å². The molecule has 1 atom stereocenters. The summed E-state index contributed by atoms with van der Waals surface area (Å²) in [6, 6.07) is 8.72. The summed E-state index contributed by atoms with van der Waals surface area (Å²) in [5.41, 5.74) is 1.30. The van der Waals surface area contributed by atoms with Crippen molar-refractivity contribution >= 4 is 21.8 Å². The molecule has 2 saturated heterocycles. The largest absolute Gasteiger partial charge is 0.381 e. The minimum Gasteiger partial charge on any atom is -0.381 e. The number of likely N-dealkylation sites (tertiary alicyclic amines) is 1. The van der Waals surface area contributed by atoms with E-state index in [0.717, 1.165) is 63.0 Å². The summed E-state index contributed by atoms with van der Waals surface area (Å²) in [5, 5.41) is 3.23. The molecule has 4 nitrogen and oxygen atoms in total. The van der Waals surface area contributed by atoms with E-state index in [0.29, 0.717) is 6.04 Å². The van der Waals surface area contributed by atoms with E-state index >= 15 is 0 Å². The molecule has 2 aliphatic rings. The number of nitrogens with zero attached hydrogens (tertiary/aromatic N) is 1. The number of halogens is 1. The third-order valence-electron chi connectivity index (χ3n) is 4.74. The van der Waals surface area contributed by atoms with E-state index in [1.807, 2.05) is 6.07 Å². The van der Waals surface area contributed by atoms with Crippen LogP contribution in [0.2, 0.25) is 0 Å². The Hall–Kier alpha value is -0.910. The third-order valence-corrected chi connectivity index (χ3v) is 5.23. The minimum atomic E-state index is 0.124. The van der Waals surface area contributed by atoms with E-state index in [4.69, 9.17) is 4.74 Å². The molecular weight excluding hydrogens is 356 g/mol. The highest BCUT2D eigenvalue weighted by atomic mass is 79.9. The smallest absolute Gasteiger partial charge is 0.224 e. The van der Waals surface area contributed by atoms with Crippen molar-refractivity contribution in [1.29, 1.82) is 0 Å². The summed E-state index contributed by atoms with van der Waals surface area (Å²) < 4.78 is 6.47. The predicted octanol–water partition coefficient (Wildman–Crippen LogP) is 2.96. The van der Waals surface area contributed by atoms with Gasteiger partial charge in [-0.15, -0.1) is 0 Å². The van der Waals surface area contributed by atoms with E-state index in [1.165, 1.54) is 5.56 Å². The molecule has 0 spiro atoms. The molecule has 1 amide bonds. The molecule has 0 saturated carbocycles. The van der Waals surface area contributed by atoms with Gasteiger partial charge in [0.2, 0.25) is 5.91 Å². The zero-order valence-corrected chi connectivity index (χ0v) is 15.1. The van der Waals surface area contributed by atoms with Crippen LogP contribution in [0.3, 0.4) is 0 Å². The van der Waals surface area contributed by atoms with Crippen molar-refractivity contribution in [2.24, 2.45) is 5.92 Å². The first-order valence-corrected chi connectivity index (χ1v) is 9.35. The highest BCUT2D eigenvalue weighted by Gasteiger charge is 2.27. The molecule has 1 aromatic carbocycles. The average molecular weight is 381 g/mol. The van der Waals surface area contributed by atoms with Gasteiger partial charge in [-0.25, -0.2) is 0 Å². The van der Waals surface area contributed by atoms with Crippen molar-refractivity contribution in [2.75, 3.05) is 26.3 Å². The van der Waals surface area contributed by atoms with Gasteiger partial charge < -0.3 is 10.1 Å². The lowest BCUT2D eigenvalue weighted by Gasteiger charge is -2.33. The van der Waals surface area contributed by atoms with Crippen LogP contribution in [0, 0.1) is 5.92 Å². The molecule has 0 radical (unpaired) electrons. The maximum absolute atomic E-state index is 12.5. The van der Waals surface area contributed by atoms with Crippen LogP contribution in [0.25, 0.3) is 0 Å². The summed E-state index contributed by atoms with van der Waals surface area (Å²) in [4.78, 5) is 14.9. The maximum atomic E-state index is 12.5. The van der Waals surface area contributed by atoms with E-state index in [2.05, 4.69) is 44.3 Å². The number of ether oxygens (including phenoxy) is 1. The van der Waals surface area contributed by atoms with Crippen LogP contribution in [0.5, 0.6) is 0 Å². The molecule has 2 fully saturated rings. The summed E-state index contributed by atoms with van der Waals surface area (Å²) in [6.07, 6.45) is 3.99. The second-order valence-electron chi connectivity index (χ2n) is 6.60. The van der Waals surface area contributed by atoms with Crippen LogP contribution in [-0.2, 0) is 16.1 Å². The van der Waals surface area contributed by atoms with Gasteiger partial charge in [0, 0.05) is 36.8 Å². The Morgan fingerprint density at radius 3 is 2.91 bits per heavy atom. The van der Waals surface area contributed by atoms with Crippen LogP contribution >= 0.6 is 15.9 Å². The van der Waals surface area contributed by atoms with Gasteiger partial charge in [0.1, 0.15) is 0 Å². The van der Waals surface area contributed by atoms with Gasteiger partial charge in [-0.2, -0.15) is 0 Å². The number of amides is 1. The Morgan fingerprint density at radius 1 is 1.30 bits per heavy atom. The van der Waals surface area contributed by atoms with Gasteiger partial charge in [0.05, 0.1) is 5.92 Å². The number of nitrogens with one attached hydrogen (secondary N) is 1. The molecule has 1 aromatic rings. The van der Waals surface area contributed by atoms with E-state index < -0.39 is 0 Å². The zero-order valence-electron chi connectivity index (χ0n) is 13.5.